The lowest BCUT2D eigenvalue weighted by molar-refractivity contribution is -0.144. The Hall–Kier alpha value is -0.890. The molecule has 0 aromatic carbocycles. The lowest BCUT2D eigenvalue weighted by atomic mass is 9.77. The van der Waals surface area contributed by atoms with Crippen molar-refractivity contribution >= 4 is 16.7 Å². The van der Waals surface area contributed by atoms with E-state index >= 15 is 0 Å². The number of nitrogens with zero attached hydrogens (tertiary/aromatic N) is 2. The third-order valence-corrected chi connectivity index (χ3v) is 3.30. The fraction of sp³-hybridized carbons (Fsp3) is 0.750. The van der Waals surface area contributed by atoms with Crippen molar-refractivity contribution in [2.45, 2.75) is 31.0 Å². The summed E-state index contributed by atoms with van der Waals surface area (Å²) in [5.74, 6) is -1.13. The number of anilines is 1. The average Bonchev–Trinajstić information content (AvgIpc) is 2.58. The molecule has 0 aliphatic heterocycles. The van der Waals surface area contributed by atoms with Gasteiger partial charge < -0.3 is 10.4 Å². The third-order valence-electron chi connectivity index (χ3n) is 2.66. The van der Waals surface area contributed by atoms with Crippen LogP contribution in [0.15, 0.2) is 0 Å². The molecule has 0 saturated heterocycles. The first-order valence-electron chi connectivity index (χ1n) is 4.75. The van der Waals surface area contributed by atoms with Crippen molar-refractivity contribution in [1.82, 2.24) is 9.36 Å². The van der Waals surface area contributed by atoms with Gasteiger partial charge in [0.2, 0.25) is 11.0 Å². The van der Waals surface area contributed by atoms with E-state index in [9.17, 15) is 13.2 Å². The number of halogens is 3. The lowest BCUT2D eigenvalue weighted by Crippen LogP contribution is -2.48. The number of aliphatic hydroxyl groups excluding tert-OH is 1. The van der Waals surface area contributed by atoms with Crippen molar-refractivity contribution in [3.05, 3.63) is 5.82 Å². The second-order valence-electron chi connectivity index (χ2n) is 3.84. The van der Waals surface area contributed by atoms with E-state index in [1.165, 1.54) is 0 Å². The van der Waals surface area contributed by atoms with Crippen LogP contribution in [0.2, 0.25) is 0 Å². The number of nitrogens with one attached hydrogen (secondary N) is 1. The normalized spacial score (nSPS) is 19.2. The topological polar surface area (TPSA) is 58.0 Å². The van der Waals surface area contributed by atoms with E-state index in [4.69, 9.17) is 5.11 Å². The van der Waals surface area contributed by atoms with E-state index in [1.807, 2.05) is 0 Å². The van der Waals surface area contributed by atoms with Gasteiger partial charge in [0, 0.05) is 11.5 Å². The van der Waals surface area contributed by atoms with Gasteiger partial charge in [0.1, 0.15) is 0 Å². The van der Waals surface area contributed by atoms with Crippen LogP contribution in [0.25, 0.3) is 0 Å². The summed E-state index contributed by atoms with van der Waals surface area (Å²) in [6.07, 6.45) is -2.07. The van der Waals surface area contributed by atoms with Gasteiger partial charge in [-0.15, -0.1) is 0 Å². The molecule has 2 N–H and O–H groups in total. The van der Waals surface area contributed by atoms with E-state index < -0.39 is 17.5 Å². The monoisotopic (exact) mass is 253 g/mol. The molecule has 0 radical (unpaired) electrons. The minimum Gasteiger partial charge on any atom is -0.394 e. The molecule has 2 rings (SSSR count). The summed E-state index contributed by atoms with van der Waals surface area (Å²) >= 11 is 0.665. The molecule has 16 heavy (non-hydrogen) atoms. The van der Waals surface area contributed by atoms with E-state index in [0.717, 1.165) is 19.3 Å². The number of alkyl halides is 3. The Kier molecular flexibility index (Phi) is 2.79. The largest absolute Gasteiger partial charge is 0.452 e. The Labute approximate surface area is 93.7 Å². The molecule has 0 unspecified atom stereocenters. The highest BCUT2D eigenvalue weighted by Gasteiger charge is 2.39. The molecule has 1 aliphatic rings. The smallest absolute Gasteiger partial charge is 0.394 e. The van der Waals surface area contributed by atoms with E-state index in [2.05, 4.69) is 14.7 Å². The van der Waals surface area contributed by atoms with Crippen molar-refractivity contribution in [3.63, 3.8) is 0 Å². The minimum atomic E-state index is -4.51. The van der Waals surface area contributed by atoms with Crippen LogP contribution in [-0.4, -0.2) is 26.6 Å². The summed E-state index contributed by atoms with van der Waals surface area (Å²) in [7, 11) is 0. The summed E-state index contributed by atoms with van der Waals surface area (Å²) < 4.78 is 39.9. The van der Waals surface area contributed by atoms with Gasteiger partial charge in [0.25, 0.3) is 0 Å². The van der Waals surface area contributed by atoms with Crippen LogP contribution >= 0.6 is 11.5 Å². The minimum absolute atomic E-state index is 0.103. The number of hydrogen-bond donors (Lipinski definition) is 2. The Balaban J connectivity index is 2.08. The molecule has 8 heteroatoms. The van der Waals surface area contributed by atoms with Crippen molar-refractivity contribution in [2.24, 2.45) is 0 Å². The molecule has 0 bridgehead atoms. The zero-order valence-corrected chi connectivity index (χ0v) is 9.03. The molecule has 1 aliphatic carbocycles. The van der Waals surface area contributed by atoms with Crippen LogP contribution in [0, 0.1) is 0 Å². The predicted octanol–water partition coefficient (Wildman–Crippen LogP) is 1.88. The standard InChI is InChI=1S/C8H10F3N3OS/c9-8(10,11)5-12-6(16-14-5)13-7(4-15)2-1-3-7/h15H,1-4H2,(H,12,13,14). The van der Waals surface area contributed by atoms with Crippen LogP contribution in [0.4, 0.5) is 18.3 Å². The first-order valence-corrected chi connectivity index (χ1v) is 5.52. The molecule has 0 amide bonds. The lowest BCUT2D eigenvalue weighted by Gasteiger charge is -2.40. The summed E-state index contributed by atoms with van der Waals surface area (Å²) in [5, 5.41) is 12.1. The molecule has 0 spiro atoms. The molecule has 1 heterocycles. The first kappa shape index (κ1) is 11.6. The Bertz CT molecular complexity index is 369. The van der Waals surface area contributed by atoms with Crippen molar-refractivity contribution in [3.8, 4) is 0 Å². The molecule has 1 aromatic rings. The van der Waals surface area contributed by atoms with Crippen LogP contribution in [0.1, 0.15) is 25.1 Å². The maximum atomic E-state index is 12.2. The number of aromatic nitrogens is 2. The second-order valence-corrected chi connectivity index (χ2v) is 4.59. The highest BCUT2D eigenvalue weighted by atomic mass is 32.1. The molecular weight excluding hydrogens is 243 g/mol. The van der Waals surface area contributed by atoms with Gasteiger partial charge in [0.15, 0.2) is 0 Å². The van der Waals surface area contributed by atoms with E-state index in [-0.39, 0.29) is 11.7 Å². The molecule has 1 aromatic heterocycles. The van der Waals surface area contributed by atoms with Crippen LogP contribution in [0.5, 0.6) is 0 Å². The zero-order valence-electron chi connectivity index (χ0n) is 8.21. The van der Waals surface area contributed by atoms with Gasteiger partial charge in [-0.3, -0.25) is 0 Å². The molecule has 1 fully saturated rings. The molecular formula is C8H10F3N3OS. The van der Waals surface area contributed by atoms with Gasteiger partial charge in [-0.25, -0.2) is 0 Å². The summed E-state index contributed by atoms with van der Waals surface area (Å²) in [6, 6.07) is 0. The Morgan fingerprint density at radius 2 is 2.12 bits per heavy atom. The van der Waals surface area contributed by atoms with Crippen molar-refractivity contribution in [1.29, 1.82) is 0 Å². The quantitative estimate of drug-likeness (QED) is 0.863. The Morgan fingerprint density at radius 3 is 2.50 bits per heavy atom. The maximum absolute atomic E-state index is 12.2. The second kappa shape index (κ2) is 3.85. The van der Waals surface area contributed by atoms with E-state index in [0.29, 0.717) is 11.5 Å². The van der Waals surface area contributed by atoms with Crippen LogP contribution in [-0.2, 0) is 6.18 Å². The summed E-state index contributed by atoms with van der Waals surface area (Å²) in [5.41, 5.74) is -0.498. The SMILES string of the molecule is OCC1(Nc2nc(C(F)(F)F)ns2)CCC1. The van der Waals surface area contributed by atoms with Gasteiger partial charge in [0.05, 0.1) is 12.1 Å². The summed E-state index contributed by atoms with van der Waals surface area (Å²) in [4.78, 5) is 3.36. The molecule has 0 atom stereocenters. The highest BCUT2D eigenvalue weighted by molar-refractivity contribution is 7.09. The fourth-order valence-corrected chi connectivity index (χ4v) is 2.25. The summed E-state index contributed by atoms with van der Waals surface area (Å²) in [6.45, 7) is -0.103. The third kappa shape index (κ3) is 2.12. The van der Waals surface area contributed by atoms with Crippen molar-refractivity contribution in [2.75, 3.05) is 11.9 Å². The highest BCUT2D eigenvalue weighted by Crippen LogP contribution is 2.36. The van der Waals surface area contributed by atoms with Gasteiger partial charge in [-0.05, 0) is 19.3 Å². The Morgan fingerprint density at radius 1 is 1.44 bits per heavy atom. The molecule has 1 saturated carbocycles. The number of rotatable bonds is 3. The molecule has 4 nitrogen and oxygen atoms in total. The number of hydrogen-bond acceptors (Lipinski definition) is 5. The predicted molar refractivity (Wildman–Crippen MR) is 52.2 cm³/mol. The van der Waals surface area contributed by atoms with Gasteiger partial charge >= 0.3 is 6.18 Å². The zero-order chi connectivity index (χ0) is 11.8. The van der Waals surface area contributed by atoms with Gasteiger partial charge in [-0.1, -0.05) is 0 Å². The fourth-order valence-electron chi connectivity index (χ4n) is 1.54. The van der Waals surface area contributed by atoms with E-state index in [1.54, 1.807) is 0 Å². The van der Waals surface area contributed by atoms with Gasteiger partial charge in [-0.2, -0.15) is 22.5 Å². The van der Waals surface area contributed by atoms with Crippen LogP contribution in [0.3, 0.4) is 0 Å². The molecule has 90 valence electrons. The number of aliphatic hydroxyl groups is 1. The maximum Gasteiger partial charge on any atom is 0.452 e. The van der Waals surface area contributed by atoms with Crippen molar-refractivity contribution < 1.29 is 18.3 Å². The average molecular weight is 253 g/mol. The first-order chi connectivity index (χ1) is 7.45. The van der Waals surface area contributed by atoms with Crippen LogP contribution < -0.4 is 5.32 Å².